The fourth-order valence-electron chi connectivity index (χ4n) is 2.56. The molecule has 2 N–H and O–H groups in total. The van der Waals surface area contributed by atoms with Crippen LogP contribution < -0.4 is 10.6 Å². The van der Waals surface area contributed by atoms with Gasteiger partial charge < -0.3 is 10.6 Å². The normalized spacial score (nSPS) is 10.5. The zero-order valence-corrected chi connectivity index (χ0v) is 14.2. The maximum Gasteiger partial charge on any atom is 0.259 e. The van der Waals surface area contributed by atoms with Crippen molar-refractivity contribution in [2.75, 3.05) is 12.4 Å². The third kappa shape index (κ3) is 3.45. The van der Waals surface area contributed by atoms with Gasteiger partial charge in [-0.2, -0.15) is 5.10 Å². The number of aryl methyl sites for hydroxylation is 2. The van der Waals surface area contributed by atoms with Crippen LogP contribution in [0.1, 0.15) is 45.4 Å². The van der Waals surface area contributed by atoms with Crippen molar-refractivity contribution in [1.29, 1.82) is 0 Å². The number of hydrogen-bond donors (Lipinski definition) is 2. The number of nitrogens with one attached hydrogen (secondary N) is 2. The topological polar surface area (TPSA) is 76.0 Å². The molecule has 7 heteroatoms. The highest BCUT2D eigenvalue weighted by molar-refractivity contribution is 6.06. The molecular formula is C17H21FN4O2. The first-order valence-electron chi connectivity index (χ1n) is 7.76. The number of rotatable bonds is 5. The number of amides is 2. The van der Waals surface area contributed by atoms with Crippen molar-refractivity contribution in [3.8, 4) is 0 Å². The summed E-state index contributed by atoms with van der Waals surface area (Å²) in [4.78, 5) is 24.2. The van der Waals surface area contributed by atoms with Gasteiger partial charge >= 0.3 is 0 Å². The molecule has 2 aromatic rings. The molecule has 0 unspecified atom stereocenters. The highest BCUT2D eigenvalue weighted by atomic mass is 19.1. The van der Waals surface area contributed by atoms with Gasteiger partial charge in [-0.15, -0.1) is 0 Å². The zero-order valence-electron chi connectivity index (χ0n) is 14.2. The lowest BCUT2D eigenvalue weighted by Gasteiger charge is -2.08. The summed E-state index contributed by atoms with van der Waals surface area (Å²) < 4.78 is 15.5. The van der Waals surface area contributed by atoms with Gasteiger partial charge in [-0.3, -0.25) is 14.3 Å². The van der Waals surface area contributed by atoms with E-state index in [0.29, 0.717) is 16.9 Å². The Bertz CT molecular complexity index is 783. The summed E-state index contributed by atoms with van der Waals surface area (Å²) in [6, 6.07) is 3.88. The fraction of sp³-hybridized carbons (Fsp3) is 0.353. The Morgan fingerprint density at radius 1 is 1.25 bits per heavy atom. The highest BCUT2D eigenvalue weighted by Crippen LogP contribution is 2.19. The summed E-state index contributed by atoms with van der Waals surface area (Å²) in [6.07, 6.45) is 0.913. The first-order chi connectivity index (χ1) is 11.4. The lowest BCUT2D eigenvalue weighted by Crippen LogP contribution is -2.20. The van der Waals surface area contributed by atoms with Crippen molar-refractivity contribution >= 4 is 17.5 Å². The van der Waals surface area contributed by atoms with Gasteiger partial charge in [0.15, 0.2) is 0 Å². The van der Waals surface area contributed by atoms with Gasteiger partial charge in [-0.25, -0.2) is 4.39 Å². The van der Waals surface area contributed by atoms with Gasteiger partial charge in [-0.05, 0) is 38.5 Å². The Morgan fingerprint density at radius 3 is 2.58 bits per heavy atom. The van der Waals surface area contributed by atoms with E-state index in [1.54, 1.807) is 11.6 Å². The summed E-state index contributed by atoms with van der Waals surface area (Å²) in [6.45, 7) is 6.38. The molecule has 128 valence electrons. The molecule has 0 radical (unpaired) electrons. The van der Waals surface area contributed by atoms with Crippen LogP contribution in [0.15, 0.2) is 18.2 Å². The monoisotopic (exact) mass is 332 g/mol. The number of carbonyl (C=O) groups excluding carboxylic acids is 2. The molecule has 0 fully saturated rings. The van der Waals surface area contributed by atoms with E-state index in [-0.39, 0.29) is 11.5 Å². The van der Waals surface area contributed by atoms with Crippen molar-refractivity contribution in [3.63, 3.8) is 0 Å². The minimum absolute atomic E-state index is 0.120. The largest absolute Gasteiger partial charge is 0.355 e. The number of aromatic nitrogens is 2. The van der Waals surface area contributed by atoms with E-state index in [9.17, 15) is 14.0 Å². The van der Waals surface area contributed by atoms with Gasteiger partial charge in [0, 0.05) is 25.0 Å². The number of anilines is 1. The van der Waals surface area contributed by atoms with Crippen molar-refractivity contribution < 1.29 is 14.0 Å². The van der Waals surface area contributed by atoms with E-state index in [1.807, 2.05) is 13.8 Å². The second kappa shape index (κ2) is 7.25. The lowest BCUT2D eigenvalue weighted by molar-refractivity contribution is 0.0957. The Hall–Kier alpha value is -2.70. The van der Waals surface area contributed by atoms with Crippen LogP contribution in [0.3, 0.4) is 0 Å². The summed E-state index contributed by atoms with van der Waals surface area (Å²) >= 11 is 0. The molecule has 0 saturated heterocycles. The van der Waals surface area contributed by atoms with Crippen LogP contribution >= 0.6 is 0 Å². The van der Waals surface area contributed by atoms with Gasteiger partial charge in [0.25, 0.3) is 11.8 Å². The van der Waals surface area contributed by atoms with Crippen LogP contribution in [0.2, 0.25) is 0 Å². The van der Waals surface area contributed by atoms with E-state index in [0.717, 1.165) is 24.7 Å². The molecule has 0 aliphatic heterocycles. The average Bonchev–Trinajstić information content (AvgIpc) is 2.83. The van der Waals surface area contributed by atoms with Gasteiger partial charge in [0.2, 0.25) is 0 Å². The summed E-state index contributed by atoms with van der Waals surface area (Å²) in [7, 11) is 1.42. The Balaban J connectivity index is 2.29. The Kier molecular flexibility index (Phi) is 5.33. The third-order valence-electron chi connectivity index (χ3n) is 3.74. The first-order valence-corrected chi connectivity index (χ1v) is 7.76. The lowest BCUT2D eigenvalue weighted by atomic mass is 10.1. The molecule has 2 rings (SSSR count). The minimum Gasteiger partial charge on any atom is -0.355 e. The minimum atomic E-state index is -0.643. The fourth-order valence-corrected chi connectivity index (χ4v) is 2.56. The van der Waals surface area contributed by atoms with Crippen LogP contribution in [0.4, 0.5) is 10.1 Å². The predicted octanol–water partition coefficient (Wildman–Crippen LogP) is 2.66. The maximum atomic E-state index is 13.7. The van der Waals surface area contributed by atoms with E-state index >= 15 is 0 Å². The predicted molar refractivity (Wildman–Crippen MR) is 89.7 cm³/mol. The number of halogens is 1. The Labute approximate surface area is 140 Å². The average molecular weight is 332 g/mol. The van der Waals surface area contributed by atoms with E-state index in [1.165, 1.54) is 19.2 Å². The Morgan fingerprint density at radius 2 is 1.96 bits per heavy atom. The van der Waals surface area contributed by atoms with Gasteiger partial charge in [0.05, 0.1) is 16.8 Å². The summed E-state index contributed by atoms with van der Waals surface area (Å²) in [5.74, 6) is -1.52. The van der Waals surface area contributed by atoms with E-state index < -0.39 is 11.7 Å². The van der Waals surface area contributed by atoms with Crippen molar-refractivity contribution in [3.05, 3.63) is 46.5 Å². The quantitative estimate of drug-likeness (QED) is 0.884. The van der Waals surface area contributed by atoms with Crippen LogP contribution in [-0.4, -0.2) is 28.6 Å². The summed E-state index contributed by atoms with van der Waals surface area (Å²) in [5, 5.41) is 9.44. The number of nitrogens with zero attached hydrogens (tertiary/aromatic N) is 2. The molecule has 1 aromatic carbocycles. The van der Waals surface area contributed by atoms with Crippen LogP contribution in [-0.2, 0) is 6.54 Å². The molecule has 24 heavy (non-hydrogen) atoms. The second-order valence-electron chi connectivity index (χ2n) is 5.50. The molecule has 0 atom stereocenters. The number of carbonyl (C=O) groups is 2. The van der Waals surface area contributed by atoms with Gasteiger partial charge in [-0.1, -0.05) is 6.92 Å². The molecule has 0 aliphatic rings. The molecule has 0 aliphatic carbocycles. The van der Waals surface area contributed by atoms with Crippen molar-refractivity contribution in [2.45, 2.75) is 33.7 Å². The number of hydrogen-bond acceptors (Lipinski definition) is 3. The van der Waals surface area contributed by atoms with Crippen molar-refractivity contribution in [1.82, 2.24) is 15.1 Å². The molecule has 0 bridgehead atoms. The van der Waals surface area contributed by atoms with Crippen molar-refractivity contribution in [2.24, 2.45) is 0 Å². The molecule has 1 heterocycles. The molecule has 0 spiro atoms. The van der Waals surface area contributed by atoms with Crippen LogP contribution in [0.25, 0.3) is 0 Å². The molecule has 1 aromatic heterocycles. The SMILES string of the molecule is CCCn1nc(C)c(C(=O)Nc2ccc(F)c(C(=O)NC)c2)c1C. The molecule has 2 amide bonds. The van der Waals surface area contributed by atoms with Gasteiger partial charge in [0.1, 0.15) is 5.82 Å². The molecular weight excluding hydrogens is 311 g/mol. The molecule has 6 nitrogen and oxygen atoms in total. The third-order valence-corrected chi connectivity index (χ3v) is 3.74. The highest BCUT2D eigenvalue weighted by Gasteiger charge is 2.19. The standard InChI is InChI=1S/C17H21FN4O2/c1-5-8-22-11(3)15(10(2)21-22)17(24)20-12-6-7-14(18)13(9-12)16(23)19-4/h6-7,9H,5,8H2,1-4H3,(H,19,23)(H,20,24). The van der Waals surface area contributed by atoms with E-state index in [4.69, 9.17) is 0 Å². The first kappa shape index (κ1) is 17.7. The van der Waals surface area contributed by atoms with E-state index in [2.05, 4.69) is 15.7 Å². The zero-order chi connectivity index (χ0) is 17.9. The van der Waals surface area contributed by atoms with Crippen LogP contribution in [0, 0.1) is 19.7 Å². The maximum absolute atomic E-state index is 13.7. The van der Waals surface area contributed by atoms with Crippen LogP contribution in [0.5, 0.6) is 0 Å². The number of benzene rings is 1. The molecule has 0 saturated carbocycles. The smallest absolute Gasteiger partial charge is 0.259 e. The summed E-state index contributed by atoms with van der Waals surface area (Å²) in [5.41, 5.74) is 2.13. The second-order valence-corrected chi connectivity index (χ2v) is 5.50.